The molecule has 4 N–H and O–H groups in total. The lowest BCUT2D eigenvalue weighted by atomic mass is 9.68. The first-order valence-corrected chi connectivity index (χ1v) is 13.1. The van der Waals surface area contributed by atoms with E-state index in [4.69, 9.17) is 4.99 Å². The van der Waals surface area contributed by atoms with Gasteiger partial charge in [-0.15, -0.1) is 11.3 Å². The first-order valence-electron chi connectivity index (χ1n) is 12.2. The number of thiazole rings is 1. The maximum absolute atomic E-state index is 13.0. The Kier molecular flexibility index (Phi) is 6.65. The molecule has 0 aliphatic carbocycles. The van der Waals surface area contributed by atoms with Gasteiger partial charge in [-0.2, -0.15) is 0 Å². The van der Waals surface area contributed by atoms with E-state index in [0.717, 1.165) is 21.5 Å². The predicted molar refractivity (Wildman–Crippen MR) is 145 cm³/mol. The van der Waals surface area contributed by atoms with Crippen LogP contribution in [-0.4, -0.2) is 58.7 Å². The molecule has 2 aliphatic rings. The van der Waals surface area contributed by atoms with Crippen LogP contribution in [0.2, 0.25) is 0 Å². The van der Waals surface area contributed by atoms with Gasteiger partial charge in [0.2, 0.25) is 5.79 Å². The first-order chi connectivity index (χ1) is 17.9. The van der Waals surface area contributed by atoms with Crippen molar-refractivity contribution in [1.29, 1.82) is 0 Å². The molecule has 2 aromatic heterocycles. The van der Waals surface area contributed by atoms with Crippen LogP contribution in [0.5, 0.6) is 0 Å². The Bertz CT molecular complexity index is 1380. The zero-order valence-corrected chi connectivity index (χ0v) is 21.5. The van der Waals surface area contributed by atoms with Crippen LogP contribution >= 0.6 is 11.3 Å². The number of anilines is 1. The number of hydrogen-bond donors (Lipinski definition) is 4. The number of hydrogen-bond acceptors (Lipinski definition) is 8. The van der Waals surface area contributed by atoms with Gasteiger partial charge in [0.1, 0.15) is 0 Å². The van der Waals surface area contributed by atoms with E-state index in [1.807, 2.05) is 48.4 Å². The number of rotatable bonds is 6. The molecule has 37 heavy (non-hydrogen) atoms. The average Bonchev–Trinajstić information content (AvgIpc) is 3.38. The van der Waals surface area contributed by atoms with Gasteiger partial charge >= 0.3 is 12.0 Å². The molecular weight excluding hydrogens is 490 g/mol. The number of fused-ring (bicyclic) bond motifs is 1. The number of carboxylic acids is 1. The largest absolute Gasteiger partial charge is 0.481 e. The van der Waals surface area contributed by atoms with Gasteiger partial charge in [0.25, 0.3) is 0 Å². The second-order valence-corrected chi connectivity index (χ2v) is 10.2. The molecule has 0 bridgehead atoms. The van der Waals surface area contributed by atoms with E-state index in [1.54, 1.807) is 30.9 Å². The minimum absolute atomic E-state index is 0.350. The molecule has 1 aromatic carbocycles. The number of nitrogens with one attached hydrogen (secondary N) is 3. The number of aliphatic carboxylic acids is 1. The highest BCUT2D eigenvalue weighted by atomic mass is 32.1. The third-order valence-corrected chi connectivity index (χ3v) is 8.02. The molecule has 0 saturated carbocycles. The summed E-state index contributed by atoms with van der Waals surface area (Å²) in [7, 11) is 0. The highest BCUT2D eigenvalue weighted by Gasteiger charge is 2.57. The molecule has 3 unspecified atom stereocenters. The summed E-state index contributed by atoms with van der Waals surface area (Å²) in [5.41, 5.74) is 3.81. The third kappa shape index (κ3) is 4.34. The second kappa shape index (κ2) is 9.91. The zero-order valence-electron chi connectivity index (χ0n) is 20.6. The van der Waals surface area contributed by atoms with Crippen molar-refractivity contribution in [3.8, 4) is 11.3 Å². The molecule has 0 spiro atoms. The van der Waals surface area contributed by atoms with E-state index in [2.05, 4.69) is 25.9 Å². The van der Waals surface area contributed by atoms with Crippen LogP contribution in [0.4, 0.5) is 10.5 Å². The summed E-state index contributed by atoms with van der Waals surface area (Å²) in [5.74, 6) is -2.95. The quantitative estimate of drug-likeness (QED) is 0.392. The predicted octanol–water partition coefficient (Wildman–Crippen LogP) is 3.44. The molecule has 2 amide bonds. The number of pyridine rings is 1. The number of carbonyl (C=O) groups is 2. The molecular formula is C26H29N7O3S. The fourth-order valence-corrected chi connectivity index (χ4v) is 5.99. The maximum atomic E-state index is 13.0. The molecule has 10 nitrogen and oxygen atoms in total. The number of piperidine rings is 1. The SMILES string of the molecule is CCNC(=O)NC1(C2CNCCC2(C)C(=O)O)N=CC=CN1c1cc(-c2ccccn2)c2scnc2c1. The molecule has 5 rings (SSSR count). The normalized spacial score (nSPS) is 25.2. The average molecular weight is 520 g/mol. The van der Waals surface area contributed by atoms with Crippen LogP contribution in [0.25, 0.3) is 21.5 Å². The summed E-state index contributed by atoms with van der Waals surface area (Å²) >= 11 is 1.53. The number of aliphatic imine (C=N–C) groups is 1. The molecule has 2 aliphatic heterocycles. The number of benzene rings is 1. The Hall–Kier alpha value is -3.83. The fourth-order valence-electron chi connectivity index (χ4n) is 5.19. The second-order valence-electron chi connectivity index (χ2n) is 9.34. The number of carbonyl (C=O) groups excluding carboxylic acids is 1. The van der Waals surface area contributed by atoms with Crippen LogP contribution in [0.3, 0.4) is 0 Å². The highest BCUT2D eigenvalue weighted by molar-refractivity contribution is 7.17. The maximum Gasteiger partial charge on any atom is 0.318 e. The summed E-state index contributed by atoms with van der Waals surface area (Å²) in [6, 6.07) is 9.24. The third-order valence-electron chi connectivity index (χ3n) is 7.14. The van der Waals surface area contributed by atoms with Crippen molar-refractivity contribution in [3.05, 3.63) is 54.3 Å². The van der Waals surface area contributed by atoms with Crippen molar-refractivity contribution >= 4 is 45.5 Å². The molecule has 11 heteroatoms. The van der Waals surface area contributed by atoms with Gasteiger partial charge in [0.15, 0.2) is 0 Å². The lowest BCUT2D eigenvalue weighted by Gasteiger charge is -2.52. The van der Waals surface area contributed by atoms with E-state index in [1.165, 1.54) is 11.3 Å². The molecule has 0 radical (unpaired) electrons. The molecule has 1 saturated heterocycles. The van der Waals surface area contributed by atoms with E-state index >= 15 is 0 Å². The van der Waals surface area contributed by atoms with Crippen LogP contribution < -0.4 is 20.9 Å². The van der Waals surface area contributed by atoms with Crippen LogP contribution in [0.1, 0.15) is 20.3 Å². The number of nitrogens with zero attached hydrogens (tertiary/aromatic N) is 4. The molecule has 3 atom stereocenters. The lowest BCUT2D eigenvalue weighted by molar-refractivity contribution is -0.155. The Morgan fingerprint density at radius 2 is 2.16 bits per heavy atom. The summed E-state index contributed by atoms with van der Waals surface area (Å²) in [5, 5.41) is 19.5. The van der Waals surface area contributed by atoms with Crippen molar-refractivity contribution in [2.24, 2.45) is 16.3 Å². The van der Waals surface area contributed by atoms with Gasteiger partial charge in [-0.05, 0) is 57.2 Å². The minimum Gasteiger partial charge on any atom is -0.481 e. The Morgan fingerprint density at radius 3 is 2.92 bits per heavy atom. The summed E-state index contributed by atoms with van der Waals surface area (Å²) < 4.78 is 0.990. The van der Waals surface area contributed by atoms with Gasteiger partial charge in [-0.25, -0.2) is 14.8 Å². The van der Waals surface area contributed by atoms with Crippen molar-refractivity contribution in [1.82, 2.24) is 25.9 Å². The number of allylic oxidation sites excluding steroid dienone is 1. The molecule has 1 fully saturated rings. The topological polar surface area (TPSA) is 132 Å². The van der Waals surface area contributed by atoms with E-state index in [-0.39, 0.29) is 0 Å². The molecule has 3 aromatic rings. The lowest BCUT2D eigenvalue weighted by Crippen LogP contribution is -2.71. The fraction of sp³-hybridized carbons (Fsp3) is 0.346. The van der Waals surface area contributed by atoms with E-state index in [0.29, 0.717) is 31.7 Å². The van der Waals surface area contributed by atoms with Gasteiger partial charge in [0, 0.05) is 43.0 Å². The monoisotopic (exact) mass is 519 g/mol. The Morgan fingerprint density at radius 1 is 1.30 bits per heavy atom. The number of amides is 2. The Labute approximate surface area is 218 Å². The summed E-state index contributed by atoms with van der Waals surface area (Å²) in [4.78, 5) is 41.5. The van der Waals surface area contributed by atoms with Crippen molar-refractivity contribution in [2.45, 2.75) is 26.1 Å². The summed E-state index contributed by atoms with van der Waals surface area (Å²) in [6.45, 7) is 4.88. The highest BCUT2D eigenvalue weighted by Crippen LogP contribution is 2.46. The minimum atomic E-state index is -1.42. The van der Waals surface area contributed by atoms with Gasteiger partial charge in [-0.3, -0.25) is 15.1 Å². The number of urea groups is 1. The van der Waals surface area contributed by atoms with Crippen LogP contribution in [-0.2, 0) is 4.79 Å². The van der Waals surface area contributed by atoms with Gasteiger partial charge in [0.05, 0.1) is 32.8 Å². The van der Waals surface area contributed by atoms with Gasteiger partial charge < -0.3 is 20.6 Å². The van der Waals surface area contributed by atoms with Crippen molar-refractivity contribution in [3.63, 3.8) is 0 Å². The van der Waals surface area contributed by atoms with E-state index < -0.39 is 29.1 Å². The van der Waals surface area contributed by atoms with Gasteiger partial charge in [-0.1, -0.05) is 6.07 Å². The van der Waals surface area contributed by atoms with Crippen molar-refractivity contribution in [2.75, 3.05) is 24.5 Å². The van der Waals surface area contributed by atoms with E-state index in [9.17, 15) is 14.7 Å². The number of aromatic nitrogens is 2. The standard InChI is InChI=1S/C26H29N7O3S/c1-3-28-24(36)32-26(21-15-27-11-8-25(21,2)23(34)35)31-10-6-12-33(26)17-13-18(19-7-4-5-9-29-19)22-20(14-17)30-16-37-22/h4-7,9-10,12-14,16,21,27H,3,8,11,15H2,1-2H3,(H,34,35)(H2,28,32,36). The molecule has 192 valence electrons. The van der Waals surface area contributed by atoms with Crippen LogP contribution in [0, 0.1) is 11.3 Å². The number of carboxylic acid groups (broad SMARTS) is 1. The Balaban J connectivity index is 1.71. The molecule has 4 heterocycles. The van der Waals surface area contributed by atoms with Crippen molar-refractivity contribution < 1.29 is 14.7 Å². The smallest absolute Gasteiger partial charge is 0.318 e. The zero-order chi connectivity index (χ0) is 26.0. The van der Waals surface area contributed by atoms with Crippen LogP contribution in [0.15, 0.2) is 59.3 Å². The summed E-state index contributed by atoms with van der Waals surface area (Å²) in [6.07, 6.45) is 7.35. The first kappa shape index (κ1) is 24.8.